The van der Waals surface area contributed by atoms with E-state index in [0.29, 0.717) is 11.1 Å². The third-order valence-electron chi connectivity index (χ3n) is 4.80. The molecule has 2 aromatic rings. The van der Waals surface area contributed by atoms with Gasteiger partial charge in [0, 0.05) is 11.3 Å². The van der Waals surface area contributed by atoms with Crippen LogP contribution in [-0.4, -0.2) is 37.6 Å². The van der Waals surface area contributed by atoms with Crippen LogP contribution in [-0.2, 0) is 24.3 Å². The molecule has 0 aliphatic heterocycles. The van der Waals surface area contributed by atoms with Gasteiger partial charge >= 0.3 is 12.1 Å². The number of phenolic OH excluding ortho intramolecular Hbond substituents is 1. The van der Waals surface area contributed by atoms with Crippen LogP contribution in [0.1, 0.15) is 42.0 Å². The van der Waals surface area contributed by atoms with Crippen molar-refractivity contribution in [2.45, 2.75) is 57.7 Å². The number of sulfonamides is 1. The van der Waals surface area contributed by atoms with Crippen molar-refractivity contribution in [1.82, 2.24) is 0 Å². The molecular formula is C22H24F3NO6S. The largest absolute Gasteiger partial charge is 0.508 e. The number of hydrogen-bond acceptors (Lipinski definition) is 6. The van der Waals surface area contributed by atoms with Crippen LogP contribution >= 0.6 is 0 Å². The zero-order chi connectivity index (χ0) is 25.3. The highest BCUT2D eigenvalue weighted by atomic mass is 32.2. The topological polar surface area (TPSA) is 110 Å². The molecule has 0 aliphatic carbocycles. The molecule has 7 nitrogen and oxygen atoms in total. The molecule has 180 valence electrons. The monoisotopic (exact) mass is 487 g/mol. The lowest BCUT2D eigenvalue weighted by molar-refractivity contribution is -0.178. The van der Waals surface area contributed by atoms with Gasteiger partial charge in [-0.05, 0) is 75.6 Å². The van der Waals surface area contributed by atoms with E-state index in [2.05, 4.69) is 4.72 Å². The van der Waals surface area contributed by atoms with Gasteiger partial charge in [-0.1, -0.05) is 6.07 Å². The Morgan fingerprint density at radius 3 is 2.12 bits per heavy atom. The van der Waals surface area contributed by atoms with Crippen molar-refractivity contribution < 1.29 is 41.0 Å². The Labute approximate surface area is 189 Å². The summed E-state index contributed by atoms with van der Waals surface area (Å²) in [7, 11) is -4.18. The summed E-state index contributed by atoms with van der Waals surface area (Å²) in [4.78, 5) is 24.3. The smallest absolute Gasteiger partial charge is 0.451 e. The summed E-state index contributed by atoms with van der Waals surface area (Å²) in [6.07, 6.45) is -6.24. The first kappa shape index (κ1) is 26.2. The maximum Gasteiger partial charge on any atom is 0.451 e. The molecule has 2 rings (SSSR count). The normalized spacial score (nSPS) is 13.0. The number of esters is 1. The number of carbonyl (C=O) groups is 2. The van der Waals surface area contributed by atoms with Crippen LogP contribution in [0.3, 0.4) is 0 Å². The van der Waals surface area contributed by atoms with Gasteiger partial charge in [0.1, 0.15) is 5.75 Å². The molecule has 0 amide bonds. The lowest BCUT2D eigenvalue weighted by Crippen LogP contribution is -2.35. The molecule has 1 atom stereocenters. The number of halogens is 3. The van der Waals surface area contributed by atoms with Gasteiger partial charge in [0.2, 0.25) is 0 Å². The first-order chi connectivity index (χ1) is 15.0. The van der Waals surface area contributed by atoms with Crippen LogP contribution in [0, 0.1) is 20.8 Å². The average Bonchev–Trinajstić information content (AvgIpc) is 2.65. The van der Waals surface area contributed by atoms with Crippen molar-refractivity contribution in [2.75, 3.05) is 4.72 Å². The van der Waals surface area contributed by atoms with Crippen LogP contribution in [0.25, 0.3) is 0 Å². The predicted molar refractivity (Wildman–Crippen MR) is 115 cm³/mol. The lowest BCUT2D eigenvalue weighted by atomic mass is 9.93. The molecule has 0 radical (unpaired) electrons. The Kier molecular flexibility index (Phi) is 7.47. The number of ketones is 1. The number of ether oxygens (including phenoxy) is 1. The summed E-state index contributed by atoms with van der Waals surface area (Å²) < 4.78 is 72.3. The van der Waals surface area contributed by atoms with E-state index in [9.17, 15) is 36.3 Å². The summed E-state index contributed by atoms with van der Waals surface area (Å²) in [6.45, 7) is 7.88. The Bertz CT molecular complexity index is 1190. The van der Waals surface area contributed by atoms with Crippen molar-refractivity contribution in [3.63, 3.8) is 0 Å². The van der Waals surface area contributed by atoms with Crippen LogP contribution in [0.5, 0.6) is 5.75 Å². The number of rotatable bonds is 7. The number of alkyl halides is 3. The van der Waals surface area contributed by atoms with E-state index in [-0.39, 0.29) is 10.6 Å². The Morgan fingerprint density at radius 2 is 1.58 bits per heavy atom. The molecule has 11 heteroatoms. The first-order valence-corrected chi connectivity index (χ1v) is 11.3. The fraction of sp³-hybridized carbons (Fsp3) is 0.364. The number of aryl methyl sites for hydroxylation is 3. The standard InChI is InChI=1S/C22H24F3NO6S/c1-11(2)32-21(29)19(20(28)22(23,24)25)16-10-15(6-7-17(16)27)26-33(30,31)18-9-13(4)12(3)8-14(18)5/h6-11,19,26-27H,1-5H3/t19-/m0/s1. The molecule has 0 fully saturated rings. The van der Waals surface area contributed by atoms with Crippen LogP contribution in [0.4, 0.5) is 18.9 Å². The van der Waals surface area contributed by atoms with E-state index in [4.69, 9.17) is 4.74 Å². The number of Topliss-reactive ketones (excluding diaryl/α,β-unsaturated/α-hetero) is 1. The van der Waals surface area contributed by atoms with Gasteiger partial charge in [0.25, 0.3) is 15.8 Å². The minimum absolute atomic E-state index is 0.0534. The molecule has 2 aromatic carbocycles. The summed E-state index contributed by atoms with van der Waals surface area (Å²) >= 11 is 0. The van der Waals surface area contributed by atoms with Crippen molar-refractivity contribution in [3.8, 4) is 5.75 Å². The first-order valence-electron chi connectivity index (χ1n) is 9.79. The summed E-state index contributed by atoms with van der Waals surface area (Å²) in [5, 5.41) is 10.1. The van der Waals surface area contributed by atoms with Crippen molar-refractivity contribution >= 4 is 27.5 Å². The summed E-state index contributed by atoms with van der Waals surface area (Å²) in [6, 6.07) is 5.91. The van der Waals surface area contributed by atoms with E-state index in [1.807, 2.05) is 6.92 Å². The molecule has 2 N–H and O–H groups in total. The van der Waals surface area contributed by atoms with E-state index in [0.717, 1.165) is 23.8 Å². The maximum absolute atomic E-state index is 13.2. The lowest BCUT2D eigenvalue weighted by Gasteiger charge is -2.20. The number of phenols is 1. The number of carbonyl (C=O) groups excluding carboxylic acids is 2. The molecule has 0 unspecified atom stereocenters. The Morgan fingerprint density at radius 1 is 1.00 bits per heavy atom. The average molecular weight is 487 g/mol. The molecular weight excluding hydrogens is 463 g/mol. The molecule has 0 aromatic heterocycles. The minimum atomic E-state index is -5.40. The zero-order valence-electron chi connectivity index (χ0n) is 18.6. The van der Waals surface area contributed by atoms with Gasteiger partial charge in [-0.3, -0.25) is 14.3 Å². The number of anilines is 1. The molecule has 0 bridgehead atoms. The van der Waals surface area contributed by atoms with E-state index in [1.165, 1.54) is 19.9 Å². The van der Waals surface area contributed by atoms with Gasteiger partial charge in [-0.2, -0.15) is 13.2 Å². The van der Waals surface area contributed by atoms with Crippen molar-refractivity contribution in [1.29, 1.82) is 0 Å². The van der Waals surface area contributed by atoms with Gasteiger partial charge < -0.3 is 9.84 Å². The summed E-state index contributed by atoms with van der Waals surface area (Å²) in [5.74, 6) is -7.30. The Hall–Kier alpha value is -3.08. The number of hydrogen-bond donors (Lipinski definition) is 2. The fourth-order valence-corrected chi connectivity index (χ4v) is 4.48. The van der Waals surface area contributed by atoms with E-state index < -0.39 is 51.3 Å². The summed E-state index contributed by atoms with van der Waals surface area (Å²) in [5.41, 5.74) is 1.03. The molecule has 0 saturated heterocycles. The minimum Gasteiger partial charge on any atom is -0.508 e. The van der Waals surface area contributed by atoms with Gasteiger partial charge in [0.15, 0.2) is 5.92 Å². The third-order valence-corrected chi connectivity index (χ3v) is 6.32. The highest BCUT2D eigenvalue weighted by Gasteiger charge is 2.48. The third kappa shape index (κ3) is 6.04. The maximum atomic E-state index is 13.2. The highest BCUT2D eigenvalue weighted by Crippen LogP contribution is 2.36. The molecule has 0 saturated carbocycles. The second-order valence-electron chi connectivity index (χ2n) is 7.86. The number of nitrogens with one attached hydrogen (secondary N) is 1. The molecule has 0 heterocycles. The Balaban J connectivity index is 2.55. The highest BCUT2D eigenvalue weighted by molar-refractivity contribution is 7.92. The zero-order valence-corrected chi connectivity index (χ0v) is 19.4. The second kappa shape index (κ2) is 9.42. The molecule has 0 aliphatic rings. The van der Waals surface area contributed by atoms with E-state index in [1.54, 1.807) is 19.9 Å². The van der Waals surface area contributed by atoms with Gasteiger partial charge in [0.05, 0.1) is 11.0 Å². The van der Waals surface area contributed by atoms with Crippen molar-refractivity contribution in [3.05, 3.63) is 52.6 Å². The SMILES string of the molecule is Cc1cc(C)c(S(=O)(=O)Nc2ccc(O)c([C@H](C(=O)OC(C)C)C(=O)C(F)(F)F)c2)cc1C. The second-order valence-corrected chi connectivity index (χ2v) is 9.51. The molecule has 33 heavy (non-hydrogen) atoms. The number of aromatic hydroxyl groups is 1. The fourth-order valence-electron chi connectivity index (χ4n) is 3.12. The number of benzene rings is 2. The van der Waals surface area contributed by atoms with Gasteiger partial charge in [-0.25, -0.2) is 8.42 Å². The van der Waals surface area contributed by atoms with E-state index >= 15 is 0 Å². The van der Waals surface area contributed by atoms with Gasteiger partial charge in [-0.15, -0.1) is 0 Å². The van der Waals surface area contributed by atoms with Crippen molar-refractivity contribution in [2.24, 2.45) is 0 Å². The predicted octanol–water partition coefficient (Wildman–Crippen LogP) is 4.28. The molecule has 0 spiro atoms. The van der Waals surface area contributed by atoms with Crippen LogP contribution < -0.4 is 4.72 Å². The van der Waals surface area contributed by atoms with Crippen LogP contribution in [0.2, 0.25) is 0 Å². The van der Waals surface area contributed by atoms with Crippen LogP contribution in [0.15, 0.2) is 35.2 Å². The quantitative estimate of drug-likeness (QED) is 0.343.